The zero-order chi connectivity index (χ0) is 22.5. The number of carbonyl (C=O) groups excluding carboxylic acids is 1. The van der Waals surface area contributed by atoms with E-state index in [-0.39, 0.29) is 35.8 Å². The van der Waals surface area contributed by atoms with Crippen molar-refractivity contribution in [2.45, 2.75) is 13.5 Å². The molecule has 10 heteroatoms. The van der Waals surface area contributed by atoms with Gasteiger partial charge in [-0.25, -0.2) is 4.79 Å². The van der Waals surface area contributed by atoms with E-state index in [1.54, 1.807) is 25.3 Å². The van der Waals surface area contributed by atoms with Crippen molar-refractivity contribution < 1.29 is 14.5 Å². The maximum atomic E-state index is 12.2. The Hall–Kier alpha value is -4.03. The van der Waals surface area contributed by atoms with Gasteiger partial charge < -0.3 is 20.8 Å². The van der Waals surface area contributed by atoms with E-state index >= 15 is 0 Å². The lowest BCUT2D eigenvalue weighted by molar-refractivity contribution is -0.383. The van der Waals surface area contributed by atoms with Crippen molar-refractivity contribution in [3.8, 4) is 17.2 Å². The number of aromatic amines is 1. The summed E-state index contributed by atoms with van der Waals surface area (Å²) < 4.78 is 5.02. The van der Waals surface area contributed by atoms with E-state index in [0.29, 0.717) is 16.3 Å². The maximum Gasteiger partial charge on any atom is 0.340 e. The molecular weight excluding hydrogens is 422 g/mol. The molecule has 0 aliphatic heterocycles. The molecule has 0 saturated carbocycles. The smallest absolute Gasteiger partial charge is 0.340 e. The minimum atomic E-state index is -0.631. The molecule has 1 aromatic heterocycles. The Morgan fingerprint density at radius 1 is 1.32 bits per heavy atom. The highest BCUT2D eigenvalue weighted by molar-refractivity contribution is 6.33. The topological polar surface area (TPSA) is 147 Å². The summed E-state index contributed by atoms with van der Waals surface area (Å²) in [6, 6.07) is 11.8. The van der Waals surface area contributed by atoms with Gasteiger partial charge in [0.2, 0.25) is 0 Å². The number of hydrogen-bond acceptors (Lipinski definition) is 7. The average molecular weight is 440 g/mol. The van der Waals surface area contributed by atoms with Gasteiger partial charge in [-0.05, 0) is 24.1 Å². The Morgan fingerprint density at radius 3 is 2.65 bits per heavy atom. The van der Waals surface area contributed by atoms with E-state index in [9.17, 15) is 20.2 Å². The van der Waals surface area contributed by atoms with Crippen molar-refractivity contribution in [3.05, 3.63) is 74.6 Å². The highest BCUT2D eigenvalue weighted by atomic mass is 35.5. The molecule has 0 radical (unpaired) electrons. The number of carbonyl (C=O) groups is 1. The van der Waals surface area contributed by atoms with E-state index in [0.717, 1.165) is 11.1 Å². The number of ether oxygens (including phenoxy) is 1. The van der Waals surface area contributed by atoms with Gasteiger partial charge in [-0.1, -0.05) is 35.9 Å². The summed E-state index contributed by atoms with van der Waals surface area (Å²) in [5.41, 5.74) is 8.29. The van der Waals surface area contributed by atoms with Gasteiger partial charge in [0.05, 0.1) is 27.8 Å². The number of hydrogen-bond donors (Lipinski definition) is 3. The number of nitrogens with two attached hydrogens (primary N) is 1. The number of nitrogen functional groups attached to an aromatic ring is 1. The first-order valence-electron chi connectivity index (χ1n) is 9.21. The highest BCUT2D eigenvalue weighted by Gasteiger charge is 2.22. The lowest BCUT2D eigenvalue weighted by Crippen LogP contribution is -2.13. The number of anilines is 2. The first-order valence-corrected chi connectivity index (χ1v) is 9.59. The molecule has 0 aliphatic carbocycles. The predicted octanol–water partition coefficient (Wildman–Crippen LogP) is 4.49. The van der Waals surface area contributed by atoms with Gasteiger partial charge in [-0.2, -0.15) is 5.26 Å². The van der Waals surface area contributed by atoms with Crippen LogP contribution in [0.25, 0.3) is 11.1 Å². The van der Waals surface area contributed by atoms with E-state index < -0.39 is 10.9 Å². The Morgan fingerprint density at radius 2 is 2.03 bits per heavy atom. The number of aromatic nitrogens is 1. The second-order valence-corrected chi connectivity index (χ2v) is 6.85. The van der Waals surface area contributed by atoms with Crippen LogP contribution in [0.3, 0.4) is 0 Å². The molecule has 0 fully saturated rings. The van der Waals surface area contributed by atoms with Crippen molar-refractivity contribution >= 4 is 34.6 Å². The zero-order valence-electron chi connectivity index (χ0n) is 16.4. The number of esters is 1. The summed E-state index contributed by atoms with van der Waals surface area (Å²) in [4.78, 5) is 25.7. The lowest BCUT2D eigenvalue weighted by atomic mass is 10.0. The maximum absolute atomic E-state index is 12.2. The Labute approximate surface area is 182 Å². The van der Waals surface area contributed by atoms with Crippen molar-refractivity contribution in [1.82, 2.24) is 4.98 Å². The minimum absolute atomic E-state index is 0.110. The SMILES string of the molecule is CCOC(=O)c1ccc([N+](=O)[O-])c(N)c1NCc1ccc(-c2c(Cl)c[nH]c2C#N)cc1. The van der Waals surface area contributed by atoms with Crippen LogP contribution in [0.2, 0.25) is 5.02 Å². The van der Waals surface area contributed by atoms with E-state index in [2.05, 4.69) is 16.4 Å². The molecule has 31 heavy (non-hydrogen) atoms. The summed E-state index contributed by atoms with van der Waals surface area (Å²) in [5.74, 6) is -0.631. The van der Waals surface area contributed by atoms with Crippen molar-refractivity contribution in [2.24, 2.45) is 0 Å². The predicted molar refractivity (Wildman–Crippen MR) is 117 cm³/mol. The summed E-state index contributed by atoms with van der Waals surface area (Å²) >= 11 is 6.16. The summed E-state index contributed by atoms with van der Waals surface area (Å²) in [6.07, 6.45) is 1.55. The molecule has 1 heterocycles. The molecular formula is C21H18ClN5O4. The average Bonchev–Trinajstić information content (AvgIpc) is 3.13. The molecule has 158 valence electrons. The zero-order valence-corrected chi connectivity index (χ0v) is 17.2. The van der Waals surface area contributed by atoms with Gasteiger partial charge in [-0.15, -0.1) is 0 Å². The number of nitro benzene ring substituents is 1. The number of halogens is 1. The van der Waals surface area contributed by atoms with Crippen molar-refractivity contribution in [2.75, 3.05) is 17.7 Å². The molecule has 0 saturated heterocycles. The van der Waals surface area contributed by atoms with Gasteiger partial charge in [0.25, 0.3) is 5.69 Å². The standard InChI is InChI=1S/C21H18ClN5O4/c1-2-31-21(28)14-7-8-17(27(29)30)19(24)20(14)26-10-12-3-5-13(6-4-12)18-15(22)11-25-16(18)9-23/h3-8,11,25-26H,2,10,24H2,1H3. The monoisotopic (exact) mass is 439 g/mol. The number of nitrogens with one attached hydrogen (secondary N) is 2. The second-order valence-electron chi connectivity index (χ2n) is 6.45. The molecule has 0 atom stereocenters. The van der Waals surface area contributed by atoms with Crippen LogP contribution in [0.1, 0.15) is 28.5 Å². The molecule has 3 aromatic rings. The molecule has 9 nitrogen and oxygen atoms in total. The lowest BCUT2D eigenvalue weighted by Gasteiger charge is -2.14. The third kappa shape index (κ3) is 4.44. The molecule has 0 unspecified atom stereocenters. The van der Waals surface area contributed by atoms with Crippen LogP contribution < -0.4 is 11.1 Å². The second kappa shape index (κ2) is 9.19. The summed E-state index contributed by atoms with van der Waals surface area (Å²) in [7, 11) is 0. The fraction of sp³-hybridized carbons (Fsp3) is 0.143. The molecule has 0 spiro atoms. The van der Waals surface area contributed by atoms with E-state index in [4.69, 9.17) is 22.1 Å². The van der Waals surface area contributed by atoms with Crippen LogP contribution >= 0.6 is 11.6 Å². The van der Waals surface area contributed by atoms with Gasteiger partial charge >= 0.3 is 5.97 Å². The Balaban J connectivity index is 1.87. The molecule has 0 bridgehead atoms. The summed E-state index contributed by atoms with van der Waals surface area (Å²) in [5, 5.41) is 23.9. The van der Waals surface area contributed by atoms with E-state index in [1.807, 2.05) is 12.1 Å². The van der Waals surface area contributed by atoms with E-state index in [1.165, 1.54) is 12.1 Å². The summed E-state index contributed by atoms with van der Waals surface area (Å²) in [6.45, 7) is 2.06. The highest BCUT2D eigenvalue weighted by Crippen LogP contribution is 2.34. The van der Waals surface area contributed by atoms with Crippen LogP contribution in [-0.2, 0) is 11.3 Å². The molecule has 3 rings (SSSR count). The van der Waals surface area contributed by atoms with Crippen LogP contribution in [0.4, 0.5) is 17.1 Å². The van der Waals surface area contributed by atoms with Crippen LogP contribution in [0.15, 0.2) is 42.6 Å². The Kier molecular flexibility index (Phi) is 6.43. The molecule has 0 amide bonds. The Bertz CT molecular complexity index is 1180. The number of rotatable bonds is 7. The number of benzene rings is 2. The molecule has 4 N–H and O–H groups in total. The van der Waals surface area contributed by atoms with Gasteiger partial charge in [0.1, 0.15) is 17.5 Å². The molecule has 0 aliphatic rings. The van der Waals surface area contributed by atoms with Crippen LogP contribution in [0.5, 0.6) is 0 Å². The normalized spacial score (nSPS) is 10.4. The van der Waals surface area contributed by atoms with Crippen molar-refractivity contribution in [1.29, 1.82) is 5.26 Å². The molecule has 2 aromatic carbocycles. The fourth-order valence-electron chi connectivity index (χ4n) is 3.09. The van der Waals surface area contributed by atoms with Crippen molar-refractivity contribution in [3.63, 3.8) is 0 Å². The van der Waals surface area contributed by atoms with Crippen LogP contribution in [0, 0.1) is 21.4 Å². The first-order chi connectivity index (χ1) is 14.9. The number of H-pyrrole nitrogens is 1. The third-order valence-corrected chi connectivity index (χ3v) is 4.87. The minimum Gasteiger partial charge on any atom is -0.462 e. The largest absolute Gasteiger partial charge is 0.462 e. The van der Waals surface area contributed by atoms with Gasteiger partial charge in [-0.3, -0.25) is 10.1 Å². The number of nitrogens with zero attached hydrogens (tertiary/aromatic N) is 2. The van der Waals surface area contributed by atoms with Gasteiger partial charge in [0.15, 0.2) is 0 Å². The third-order valence-electron chi connectivity index (χ3n) is 4.57. The van der Waals surface area contributed by atoms with Crippen LogP contribution in [-0.4, -0.2) is 22.5 Å². The van der Waals surface area contributed by atoms with Gasteiger partial charge in [0, 0.05) is 24.4 Å². The number of nitriles is 1. The first kappa shape index (κ1) is 21.7. The fourth-order valence-corrected chi connectivity index (χ4v) is 3.34. The quantitative estimate of drug-likeness (QED) is 0.212. The number of nitro groups is 1.